The number of benzene rings is 3. The largest absolute Gasteiger partial charge is 0.496 e. The highest BCUT2D eigenvalue weighted by atomic mass is 35.7. The Morgan fingerprint density at radius 2 is 0.833 bits per heavy atom. The topological polar surface area (TPSA) is 78.4 Å². The fourth-order valence-electron chi connectivity index (χ4n) is 2.79. The van der Waals surface area contributed by atoms with Crippen LogP contribution in [-0.4, -0.2) is 8.32 Å². The minimum Gasteiger partial charge on any atom is -0.185 e. The standard InChI is InChI=1S/C18H15ClO4Si/c20-19(21,22)23-24(16-10-4-1-5-11-16,17-12-6-2-7-13-17)18-14-8-3-9-15-18/h1-15H. The van der Waals surface area contributed by atoms with Gasteiger partial charge in [0.2, 0.25) is 0 Å². The van der Waals surface area contributed by atoms with Crippen molar-refractivity contribution in [3.63, 3.8) is 0 Å². The first-order valence-corrected chi connectivity index (χ1v) is 10.4. The molecule has 0 aliphatic carbocycles. The molecule has 0 N–H and O–H groups in total. The first-order chi connectivity index (χ1) is 11.5. The fourth-order valence-corrected chi connectivity index (χ4v) is 7.98. The molecule has 0 aliphatic rings. The van der Waals surface area contributed by atoms with E-state index in [2.05, 4.69) is 0 Å². The molecule has 0 fully saturated rings. The lowest BCUT2D eigenvalue weighted by Crippen LogP contribution is -2.77. The molecule has 0 saturated carbocycles. The van der Waals surface area contributed by atoms with E-state index in [1.165, 1.54) is 0 Å². The third-order valence-electron chi connectivity index (χ3n) is 3.75. The van der Waals surface area contributed by atoms with Crippen LogP contribution in [0.1, 0.15) is 0 Å². The smallest absolute Gasteiger partial charge is 0.185 e. The van der Waals surface area contributed by atoms with Crippen LogP contribution in [0.5, 0.6) is 0 Å². The van der Waals surface area contributed by atoms with Crippen molar-refractivity contribution < 1.29 is 28.2 Å². The van der Waals surface area contributed by atoms with Crippen LogP contribution >= 0.6 is 0 Å². The first-order valence-electron chi connectivity index (χ1n) is 7.30. The van der Waals surface area contributed by atoms with Crippen molar-refractivity contribution in [2.24, 2.45) is 0 Å². The predicted octanol–water partition coefficient (Wildman–Crippen LogP) is -1.43. The van der Waals surface area contributed by atoms with E-state index in [0.29, 0.717) is 15.6 Å². The van der Waals surface area contributed by atoms with E-state index in [0.717, 1.165) is 0 Å². The van der Waals surface area contributed by atoms with Crippen molar-refractivity contribution in [3.05, 3.63) is 91.0 Å². The van der Waals surface area contributed by atoms with Crippen LogP contribution in [-0.2, 0) is 3.98 Å². The summed E-state index contributed by atoms with van der Waals surface area (Å²) in [5.74, 6) is 0. The van der Waals surface area contributed by atoms with Crippen molar-refractivity contribution in [2.75, 3.05) is 0 Å². The summed E-state index contributed by atoms with van der Waals surface area (Å²) in [5.41, 5.74) is 0. The first kappa shape index (κ1) is 16.9. The van der Waals surface area contributed by atoms with Gasteiger partial charge in [-0.05, 0) is 15.6 Å². The molecule has 0 atom stereocenters. The molecule has 0 spiro atoms. The average molecular weight is 359 g/mol. The zero-order valence-corrected chi connectivity index (χ0v) is 14.4. The molecule has 0 amide bonds. The quantitative estimate of drug-likeness (QED) is 0.414. The van der Waals surface area contributed by atoms with Crippen molar-refractivity contribution in [1.29, 1.82) is 0 Å². The highest BCUT2D eigenvalue weighted by Gasteiger charge is 2.56. The molecule has 0 unspecified atom stereocenters. The maximum absolute atomic E-state index is 11.6. The van der Waals surface area contributed by atoms with Gasteiger partial charge in [-0.3, -0.25) is 0 Å². The number of rotatable bonds is 5. The van der Waals surface area contributed by atoms with Gasteiger partial charge in [0, 0.05) is 3.98 Å². The SMILES string of the molecule is [O-][Cl+3]([O-])([O-])O[Si](c1ccccc1)(c1ccccc1)c1ccccc1. The summed E-state index contributed by atoms with van der Waals surface area (Å²) >= 11 is 0. The maximum atomic E-state index is 11.6. The summed E-state index contributed by atoms with van der Waals surface area (Å²) in [7, 11) is -8.08. The van der Waals surface area contributed by atoms with Gasteiger partial charge in [0.1, 0.15) is 0 Å². The zero-order valence-electron chi connectivity index (χ0n) is 12.7. The Hall–Kier alpha value is -1.99. The van der Waals surface area contributed by atoms with E-state index >= 15 is 0 Å². The van der Waals surface area contributed by atoms with Crippen LogP contribution < -0.4 is 29.5 Å². The number of hydrogen-bond acceptors (Lipinski definition) is 4. The highest BCUT2D eigenvalue weighted by Crippen LogP contribution is 2.12. The molecule has 24 heavy (non-hydrogen) atoms. The summed E-state index contributed by atoms with van der Waals surface area (Å²) in [6.45, 7) is 0. The van der Waals surface area contributed by atoms with Crippen molar-refractivity contribution in [2.45, 2.75) is 0 Å². The van der Waals surface area contributed by atoms with Crippen LogP contribution in [0.25, 0.3) is 0 Å². The summed E-state index contributed by atoms with van der Waals surface area (Å²) in [6, 6.07) is 27.1. The molecule has 3 aromatic carbocycles. The van der Waals surface area contributed by atoms with Crippen molar-refractivity contribution in [3.8, 4) is 0 Å². The summed E-state index contributed by atoms with van der Waals surface area (Å²) in [6.07, 6.45) is 0. The Morgan fingerprint density at radius 1 is 0.542 bits per heavy atom. The van der Waals surface area contributed by atoms with Gasteiger partial charge in [0.05, 0.1) is 10.2 Å². The highest BCUT2D eigenvalue weighted by molar-refractivity contribution is 7.06. The molecule has 122 valence electrons. The molecule has 0 aliphatic heterocycles. The van der Waals surface area contributed by atoms with Gasteiger partial charge in [-0.2, -0.15) is 14.0 Å². The molecule has 0 aromatic heterocycles. The summed E-state index contributed by atoms with van der Waals surface area (Å²) < 4.78 is 40.1. The van der Waals surface area contributed by atoms with E-state index < -0.39 is 18.6 Å². The number of halogens is 1. The minimum absolute atomic E-state index is 0.689. The third kappa shape index (κ3) is 3.41. The average Bonchev–Trinajstić information content (AvgIpc) is 2.61. The lowest BCUT2D eigenvalue weighted by atomic mass is 10.3. The molecule has 0 saturated heterocycles. The van der Waals surface area contributed by atoms with Crippen LogP contribution in [0.3, 0.4) is 0 Å². The lowest BCUT2D eigenvalue weighted by molar-refractivity contribution is -1.91. The van der Waals surface area contributed by atoms with Gasteiger partial charge in [0.25, 0.3) is 0 Å². The third-order valence-corrected chi connectivity index (χ3v) is 8.87. The van der Waals surface area contributed by atoms with Crippen LogP contribution in [0.15, 0.2) is 91.0 Å². The van der Waals surface area contributed by atoms with Gasteiger partial charge in [0.15, 0.2) is 0 Å². The Balaban J connectivity index is 2.33. The zero-order chi connectivity index (χ0) is 17.0. The molecule has 3 aromatic rings. The Kier molecular flexibility index (Phi) is 4.82. The molecule has 0 radical (unpaired) electrons. The molecular formula is C18H15ClO4Si. The monoisotopic (exact) mass is 358 g/mol. The van der Waals surface area contributed by atoms with Gasteiger partial charge in [-0.1, -0.05) is 91.0 Å². The van der Waals surface area contributed by atoms with Crippen LogP contribution in [0.4, 0.5) is 0 Å². The van der Waals surface area contributed by atoms with Gasteiger partial charge >= 0.3 is 8.32 Å². The molecule has 6 heteroatoms. The Labute approximate surface area is 143 Å². The predicted molar refractivity (Wildman–Crippen MR) is 85.1 cm³/mol. The molecular weight excluding hydrogens is 344 g/mol. The van der Waals surface area contributed by atoms with E-state index in [-0.39, 0.29) is 0 Å². The minimum atomic E-state index is -4.61. The van der Waals surface area contributed by atoms with Gasteiger partial charge in [-0.25, -0.2) is 0 Å². The number of hydrogen-bond donors (Lipinski definition) is 0. The van der Waals surface area contributed by atoms with E-state index in [1.54, 1.807) is 72.8 Å². The molecule has 0 bridgehead atoms. The second-order valence-electron chi connectivity index (χ2n) is 5.23. The van der Waals surface area contributed by atoms with E-state index in [4.69, 9.17) is 3.98 Å². The fraction of sp³-hybridized carbons (Fsp3) is 0. The lowest BCUT2D eigenvalue weighted by Gasteiger charge is -2.28. The van der Waals surface area contributed by atoms with Crippen molar-refractivity contribution >= 4 is 23.9 Å². The van der Waals surface area contributed by atoms with Crippen LogP contribution in [0, 0.1) is 10.2 Å². The normalized spacial score (nSPS) is 12.1. The van der Waals surface area contributed by atoms with E-state index in [1.807, 2.05) is 18.2 Å². The van der Waals surface area contributed by atoms with E-state index in [9.17, 15) is 14.0 Å². The summed E-state index contributed by atoms with van der Waals surface area (Å²) in [4.78, 5) is 0. The Morgan fingerprint density at radius 3 is 1.08 bits per heavy atom. The molecule has 0 heterocycles. The molecule has 3 rings (SSSR count). The second kappa shape index (κ2) is 6.86. The van der Waals surface area contributed by atoms with Gasteiger partial charge in [-0.15, -0.1) is 0 Å². The Bertz CT molecular complexity index is 680. The van der Waals surface area contributed by atoms with Crippen LogP contribution in [0.2, 0.25) is 0 Å². The van der Waals surface area contributed by atoms with Crippen molar-refractivity contribution in [1.82, 2.24) is 0 Å². The molecule has 4 nitrogen and oxygen atoms in total. The maximum Gasteiger partial charge on any atom is 0.496 e. The second-order valence-corrected chi connectivity index (χ2v) is 9.70. The summed E-state index contributed by atoms with van der Waals surface area (Å²) in [5, 5.41) is 2.07. The van der Waals surface area contributed by atoms with Gasteiger partial charge < -0.3 is 0 Å².